The van der Waals surface area contributed by atoms with E-state index in [4.69, 9.17) is 4.74 Å². The normalized spacial score (nSPS) is 22.6. The number of piperidine rings is 1. The molecule has 1 aliphatic carbocycles. The number of carbonyl (C=O) groups is 2. The number of anilines is 1. The number of carbonyl (C=O) groups excluding carboxylic acids is 2. The predicted molar refractivity (Wildman–Crippen MR) is 127 cm³/mol. The average molecular weight is 442 g/mol. The number of methoxy groups -OCH3 is 1. The van der Waals surface area contributed by atoms with Crippen LogP contribution in [0.25, 0.3) is 0 Å². The number of amides is 1. The molecular weight excluding hydrogens is 406 g/mol. The minimum Gasteiger partial charge on any atom is -0.465 e. The fourth-order valence-corrected chi connectivity index (χ4v) is 5.70. The van der Waals surface area contributed by atoms with Crippen molar-refractivity contribution in [2.45, 2.75) is 78.2 Å². The molecule has 3 rings (SSSR count). The molecule has 0 aromatic carbocycles. The third-order valence-corrected chi connectivity index (χ3v) is 7.30. The second-order valence-electron chi connectivity index (χ2n) is 9.79. The van der Waals surface area contributed by atoms with Gasteiger partial charge < -0.3 is 9.64 Å². The first-order valence-electron chi connectivity index (χ1n) is 11.4. The molecule has 0 bridgehead atoms. The smallest absolute Gasteiger partial charge is 0.350 e. The van der Waals surface area contributed by atoms with Crippen molar-refractivity contribution < 1.29 is 14.3 Å². The van der Waals surface area contributed by atoms with Gasteiger partial charge in [0, 0.05) is 17.4 Å². The van der Waals surface area contributed by atoms with Gasteiger partial charge in [-0.05, 0) is 64.9 Å². The SMILES string of the molecule is C=CC[C@H]1CC[C@@H](C2CCCCC2)N(c2cc(C#CC(C)(C)C)sc2C(=O)OC)C1=O. The van der Waals surface area contributed by atoms with E-state index in [0.29, 0.717) is 22.9 Å². The third kappa shape index (κ3) is 5.60. The summed E-state index contributed by atoms with van der Waals surface area (Å²) in [6.45, 7) is 10.0. The van der Waals surface area contributed by atoms with Crippen molar-refractivity contribution in [3.63, 3.8) is 0 Å². The molecule has 0 spiro atoms. The van der Waals surface area contributed by atoms with Crippen LogP contribution in [0.5, 0.6) is 0 Å². The minimum absolute atomic E-state index is 0.0770. The Kier molecular flexibility index (Phi) is 7.64. The summed E-state index contributed by atoms with van der Waals surface area (Å²) in [6, 6.07) is 2.06. The summed E-state index contributed by atoms with van der Waals surface area (Å²) in [6.07, 6.45) is 10.4. The molecule has 1 aromatic heterocycles. The standard InChI is InChI=1S/C26H35NO3S/c1-6-10-19-13-14-21(18-11-8-7-9-12-18)27(24(19)28)22-17-20(15-16-26(2,3)4)31-23(22)25(29)30-5/h6,17-19,21H,1,7-14H2,2-5H3/t19-,21-/m0/s1. The Hall–Kier alpha value is -2.06. The fraction of sp³-hybridized carbons (Fsp3) is 0.615. The summed E-state index contributed by atoms with van der Waals surface area (Å²) in [5, 5.41) is 0. The lowest BCUT2D eigenvalue weighted by atomic mass is 9.77. The van der Waals surface area contributed by atoms with Crippen molar-refractivity contribution >= 4 is 28.9 Å². The maximum Gasteiger partial charge on any atom is 0.350 e. The maximum atomic E-state index is 13.7. The molecule has 1 saturated heterocycles. The van der Waals surface area contributed by atoms with Gasteiger partial charge in [0.2, 0.25) is 5.91 Å². The van der Waals surface area contributed by atoms with E-state index in [1.54, 1.807) is 0 Å². The highest BCUT2D eigenvalue weighted by Crippen LogP contribution is 2.42. The van der Waals surface area contributed by atoms with E-state index in [1.165, 1.54) is 37.7 Å². The molecule has 0 N–H and O–H groups in total. The van der Waals surface area contributed by atoms with E-state index in [-0.39, 0.29) is 23.3 Å². The van der Waals surface area contributed by atoms with Crippen LogP contribution in [0.2, 0.25) is 0 Å². The molecule has 0 radical (unpaired) electrons. The van der Waals surface area contributed by atoms with E-state index in [9.17, 15) is 9.59 Å². The van der Waals surface area contributed by atoms with Gasteiger partial charge >= 0.3 is 5.97 Å². The predicted octanol–water partition coefficient (Wildman–Crippen LogP) is 6.20. The van der Waals surface area contributed by atoms with Gasteiger partial charge in [-0.2, -0.15) is 0 Å². The highest BCUT2D eigenvalue weighted by molar-refractivity contribution is 7.15. The second-order valence-corrected chi connectivity index (χ2v) is 10.8. The average Bonchev–Trinajstić information content (AvgIpc) is 3.17. The largest absolute Gasteiger partial charge is 0.465 e. The third-order valence-electron chi connectivity index (χ3n) is 6.28. The van der Waals surface area contributed by atoms with Crippen LogP contribution >= 0.6 is 11.3 Å². The number of ether oxygens (including phenoxy) is 1. The van der Waals surface area contributed by atoms with E-state index in [1.807, 2.05) is 17.0 Å². The highest BCUT2D eigenvalue weighted by atomic mass is 32.1. The Bertz CT molecular complexity index is 877. The fourth-order valence-electron chi connectivity index (χ4n) is 4.78. The molecule has 5 heteroatoms. The van der Waals surface area contributed by atoms with Crippen molar-refractivity contribution in [1.29, 1.82) is 0 Å². The van der Waals surface area contributed by atoms with Gasteiger partial charge in [-0.25, -0.2) is 4.79 Å². The molecular formula is C26H35NO3S. The zero-order chi connectivity index (χ0) is 22.6. The molecule has 2 heterocycles. The first-order chi connectivity index (χ1) is 14.7. The van der Waals surface area contributed by atoms with Gasteiger partial charge in [-0.1, -0.05) is 37.2 Å². The van der Waals surface area contributed by atoms with Crippen LogP contribution in [0.4, 0.5) is 5.69 Å². The van der Waals surface area contributed by atoms with E-state index in [0.717, 1.165) is 30.6 Å². The van der Waals surface area contributed by atoms with E-state index < -0.39 is 5.97 Å². The van der Waals surface area contributed by atoms with Crippen LogP contribution in [0.15, 0.2) is 18.7 Å². The minimum atomic E-state index is -0.398. The lowest BCUT2D eigenvalue weighted by Crippen LogP contribution is -2.52. The van der Waals surface area contributed by atoms with E-state index >= 15 is 0 Å². The van der Waals surface area contributed by atoms with Crippen LogP contribution in [0.1, 0.15) is 86.7 Å². The second kappa shape index (κ2) is 10.0. The zero-order valence-corrected chi connectivity index (χ0v) is 20.1. The number of esters is 1. The molecule has 2 aliphatic rings. The summed E-state index contributed by atoms with van der Waals surface area (Å²) >= 11 is 1.33. The number of hydrogen-bond donors (Lipinski definition) is 0. The Morgan fingerprint density at radius 1 is 1.26 bits per heavy atom. The number of rotatable bonds is 5. The molecule has 2 fully saturated rings. The van der Waals surface area contributed by atoms with Gasteiger partial charge in [0.05, 0.1) is 17.7 Å². The van der Waals surface area contributed by atoms with Crippen LogP contribution < -0.4 is 4.90 Å². The highest BCUT2D eigenvalue weighted by Gasteiger charge is 2.41. The lowest BCUT2D eigenvalue weighted by Gasteiger charge is -2.44. The first kappa shape index (κ1) is 23.6. The summed E-state index contributed by atoms with van der Waals surface area (Å²) in [4.78, 5) is 29.5. The van der Waals surface area contributed by atoms with Crippen LogP contribution in [-0.2, 0) is 9.53 Å². The monoisotopic (exact) mass is 441 g/mol. The van der Waals surface area contributed by atoms with Crippen molar-refractivity contribution in [2.24, 2.45) is 17.3 Å². The summed E-state index contributed by atoms with van der Waals surface area (Å²) in [5.41, 5.74) is 0.542. The molecule has 4 nitrogen and oxygen atoms in total. The molecule has 1 aromatic rings. The van der Waals surface area contributed by atoms with Crippen molar-refractivity contribution in [3.05, 3.63) is 28.5 Å². The molecule has 2 atom stereocenters. The zero-order valence-electron chi connectivity index (χ0n) is 19.3. The first-order valence-corrected chi connectivity index (χ1v) is 12.3. The maximum absolute atomic E-state index is 13.7. The van der Waals surface area contributed by atoms with Crippen molar-refractivity contribution in [3.8, 4) is 11.8 Å². The van der Waals surface area contributed by atoms with Gasteiger partial charge in [0.1, 0.15) is 4.88 Å². The molecule has 0 unspecified atom stereocenters. The van der Waals surface area contributed by atoms with Crippen molar-refractivity contribution in [1.82, 2.24) is 0 Å². The molecule has 1 amide bonds. The van der Waals surface area contributed by atoms with Gasteiger partial charge in [-0.15, -0.1) is 17.9 Å². The topological polar surface area (TPSA) is 46.6 Å². The van der Waals surface area contributed by atoms with Gasteiger partial charge in [-0.3, -0.25) is 4.79 Å². The lowest BCUT2D eigenvalue weighted by molar-refractivity contribution is -0.125. The Morgan fingerprint density at radius 2 is 1.97 bits per heavy atom. The van der Waals surface area contributed by atoms with Crippen LogP contribution in [0, 0.1) is 29.1 Å². The number of hydrogen-bond acceptors (Lipinski definition) is 4. The molecule has 168 valence electrons. The molecule has 31 heavy (non-hydrogen) atoms. The molecule has 1 saturated carbocycles. The summed E-state index contributed by atoms with van der Waals surface area (Å²) in [5.74, 6) is 6.58. The van der Waals surface area contributed by atoms with Gasteiger partial charge in [0.15, 0.2) is 0 Å². The Morgan fingerprint density at radius 3 is 2.58 bits per heavy atom. The van der Waals surface area contributed by atoms with Gasteiger partial charge in [0.25, 0.3) is 0 Å². The number of thiophene rings is 1. The van der Waals surface area contributed by atoms with Crippen LogP contribution in [0.3, 0.4) is 0 Å². The number of allylic oxidation sites excluding steroid dienone is 1. The summed E-state index contributed by atoms with van der Waals surface area (Å²) < 4.78 is 5.09. The van der Waals surface area contributed by atoms with Crippen LogP contribution in [-0.4, -0.2) is 25.0 Å². The quantitative estimate of drug-likeness (QED) is 0.310. The van der Waals surface area contributed by atoms with E-state index in [2.05, 4.69) is 39.2 Å². The summed E-state index contributed by atoms with van der Waals surface area (Å²) in [7, 11) is 1.39. The number of nitrogens with zero attached hydrogens (tertiary/aromatic N) is 1. The Labute approximate surface area is 191 Å². The molecule has 1 aliphatic heterocycles. The Balaban J connectivity index is 2.06. The van der Waals surface area contributed by atoms with Crippen molar-refractivity contribution in [2.75, 3.05) is 12.0 Å².